The molecular weight excluding hydrogens is 445 g/mol. The van der Waals surface area contributed by atoms with Crippen LogP contribution >= 0.6 is 22.6 Å². The molecule has 0 aliphatic carbocycles. The summed E-state index contributed by atoms with van der Waals surface area (Å²) in [6, 6.07) is 7.97. The molecule has 5 nitrogen and oxygen atoms in total. The SMILES string of the molecule is CCC(CO)ONC(=O)c1ccc(F)cc1Nc1ccc(I)cc1F. The van der Waals surface area contributed by atoms with Gasteiger partial charge in [-0.25, -0.2) is 14.3 Å². The third-order valence-corrected chi connectivity index (χ3v) is 4.07. The van der Waals surface area contributed by atoms with Gasteiger partial charge in [-0.3, -0.25) is 9.63 Å². The molecule has 1 unspecified atom stereocenters. The van der Waals surface area contributed by atoms with Gasteiger partial charge in [0.1, 0.15) is 17.7 Å². The van der Waals surface area contributed by atoms with E-state index in [1.165, 1.54) is 18.2 Å². The second kappa shape index (κ2) is 9.07. The first-order valence-corrected chi connectivity index (χ1v) is 8.61. The number of aliphatic hydroxyl groups is 1. The highest BCUT2D eigenvalue weighted by atomic mass is 127. The lowest BCUT2D eigenvalue weighted by Crippen LogP contribution is -2.31. The third-order valence-electron chi connectivity index (χ3n) is 3.40. The zero-order valence-corrected chi connectivity index (χ0v) is 15.5. The van der Waals surface area contributed by atoms with E-state index in [0.29, 0.717) is 9.99 Å². The molecule has 0 aromatic heterocycles. The van der Waals surface area contributed by atoms with E-state index in [-0.39, 0.29) is 23.5 Å². The Balaban J connectivity index is 2.23. The highest BCUT2D eigenvalue weighted by Gasteiger charge is 2.16. The van der Waals surface area contributed by atoms with Crippen LogP contribution in [0.15, 0.2) is 36.4 Å². The first-order chi connectivity index (χ1) is 11.9. The van der Waals surface area contributed by atoms with Crippen LogP contribution in [0, 0.1) is 15.2 Å². The molecule has 25 heavy (non-hydrogen) atoms. The Labute approximate surface area is 157 Å². The number of carbonyl (C=O) groups excluding carboxylic acids is 1. The van der Waals surface area contributed by atoms with Crippen LogP contribution in [0.25, 0.3) is 0 Å². The van der Waals surface area contributed by atoms with Gasteiger partial charge in [-0.05, 0) is 65.4 Å². The minimum absolute atomic E-state index is 0.0761. The summed E-state index contributed by atoms with van der Waals surface area (Å²) >= 11 is 1.97. The smallest absolute Gasteiger partial charge is 0.276 e. The van der Waals surface area contributed by atoms with Crippen molar-refractivity contribution in [1.82, 2.24) is 5.48 Å². The molecule has 0 bridgehead atoms. The van der Waals surface area contributed by atoms with Crippen molar-refractivity contribution in [3.63, 3.8) is 0 Å². The zero-order valence-electron chi connectivity index (χ0n) is 13.4. The van der Waals surface area contributed by atoms with Gasteiger partial charge in [0.15, 0.2) is 0 Å². The van der Waals surface area contributed by atoms with Crippen molar-refractivity contribution >= 4 is 39.9 Å². The van der Waals surface area contributed by atoms with E-state index in [2.05, 4.69) is 10.8 Å². The lowest BCUT2D eigenvalue weighted by atomic mass is 10.1. The number of anilines is 2. The highest BCUT2D eigenvalue weighted by Crippen LogP contribution is 2.25. The normalized spacial score (nSPS) is 11.9. The van der Waals surface area contributed by atoms with Crippen LogP contribution in [0.5, 0.6) is 0 Å². The van der Waals surface area contributed by atoms with Crippen molar-refractivity contribution in [2.24, 2.45) is 0 Å². The molecule has 0 spiro atoms. The van der Waals surface area contributed by atoms with Gasteiger partial charge < -0.3 is 10.4 Å². The summed E-state index contributed by atoms with van der Waals surface area (Å²) in [5.41, 5.74) is 2.50. The summed E-state index contributed by atoms with van der Waals surface area (Å²) in [5.74, 6) is -1.74. The maximum Gasteiger partial charge on any atom is 0.276 e. The standard InChI is InChI=1S/C17H17F2IN2O3/c1-2-12(9-23)25-22-17(24)13-5-3-10(18)7-16(13)21-15-6-4-11(20)8-14(15)19/h3-8,12,21,23H,2,9H2,1H3,(H,22,24). The van der Waals surface area contributed by atoms with Gasteiger partial charge in [0.25, 0.3) is 5.91 Å². The summed E-state index contributed by atoms with van der Waals surface area (Å²) in [6.45, 7) is 1.54. The van der Waals surface area contributed by atoms with Crippen molar-refractivity contribution in [2.45, 2.75) is 19.4 Å². The Hall–Kier alpha value is -1.78. The zero-order chi connectivity index (χ0) is 18.4. The van der Waals surface area contributed by atoms with Crippen LogP contribution in [0.4, 0.5) is 20.2 Å². The second-order valence-electron chi connectivity index (χ2n) is 5.20. The lowest BCUT2D eigenvalue weighted by molar-refractivity contribution is -0.0408. The molecule has 1 amide bonds. The minimum atomic E-state index is -0.639. The van der Waals surface area contributed by atoms with Crippen molar-refractivity contribution < 1.29 is 23.5 Å². The van der Waals surface area contributed by atoms with Gasteiger partial charge in [0, 0.05) is 3.57 Å². The Kier molecular flexibility index (Phi) is 7.09. The molecule has 0 saturated heterocycles. The number of benzene rings is 2. The number of halogens is 3. The fraction of sp³-hybridized carbons (Fsp3) is 0.235. The number of hydroxylamine groups is 1. The predicted molar refractivity (Wildman–Crippen MR) is 98.5 cm³/mol. The predicted octanol–water partition coefficient (Wildman–Crippen LogP) is 3.75. The van der Waals surface area contributed by atoms with Crippen LogP contribution in [-0.2, 0) is 4.84 Å². The van der Waals surface area contributed by atoms with Gasteiger partial charge in [-0.15, -0.1) is 0 Å². The van der Waals surface area contributed by atoms with Crippen LogP contribution in [0.1, 0.15) is 23.7 Å². The summed E-state index contributed by atoms with van der Waals surface area (Å²) < 4.78 is 28.3. The van der Waals surface area contributed by atoms with E-state index in [1.54, 1.807) is 13.0 Å². The number of nitrogens with one attached hydrogen (secondary N) is 2. The van der Waals surface area contributed by atoms with Crippen molar-refractivity contribution in [3.05, 3.63) is 57.2 Å². The maximum absolute atomic E-state index is 14.0. The molecule has 0 saturated carbocycles. The molecule has 0 fully saturated rings. The molecule has 1 atom stereocenters. The van der Waals surface area contributed by atoms with Crippen molar-refractivity contribution in [2.75, 3.05) is 11.9 Å². The van der Waals surface area contributed by atoms with E-state index in [9.17, 15) is 13.6 Å². The van der Waals surface area contributed by atoms with Crippen LogP contribution < -0.4 is 10.8 Å². The molecule has 134 valence electrons. The van der Waals surface area contributed by atoms with Gasteiger partial charge in [-0.2, -0.15) is 0 Å². The fourth-order valence-electron chi connectivity index (χ4n) is 2.00. The van der Waals surface area contributed by atoms with Crippen molar-refractivity contribution in [3.8, 4) is 0 Å². The average molecular weight is 462 g/mol. The quantitative estimate of drug-likeness (QED) is 0.433. The third kappa shape index (κ3) is 5.35. The first-order valence-electron chi connectivity index (χ1n) is 7.53. The summed E-state index contributed by atoms with van der Waals surface area (Å²) in [5, 5.41) is 11.8. The molecule has 2 aromatic rings. The Morgan fingerprint density at radius 2 is 2.00 bits per heavy atom. The average Bonchev–Trinajstić information content (AvgIpc) is 2.58. The van der Waals surface area contributed by atoms with Gasteiger partial charge >= 0.3 is 0 Å². The number of carbonyl (C=O) groups is 1. The van der Waals surface area contributed by atoms with E-state index >= 15 is 0 Å². The molecule has 3 N–H and O–H groups in total. The van der Waals surface area contributed by atoms with Crippen LogP contribution in [0.3, 0.4) is 0 Å². The van der Waals surface area contributed by atoms with E-state index < -0.39 is 23.6 Å². The Morgan fingerprint density at radius 1 is 1.24 bits per heavy atom. The number of hydrogen-bond acceptors (Lipinski definition) is 4. The summed E-state index contributed by atoms with van der Waals surface area (Å²) in [4.78, 5) is 17.4. The minimum Gasteiger partial charge on any atom is -0.394 e. The molecule has 0 radical (unpaired) electrons. The van der Waals surface area contributed by atoms with Crippen LogP contribution in [-0.4, -0.2) is 23.7 Å². The van der Waals surface area contributed by atoms with E-state index in [0.717, 1.165) is 12.1 Å². The first kappa shape index (κ1) is 19.5. The van der Waals surface area contributed by atoms with E-state index in [4.69, 9.17) is 9.94 Å². The van der Waals surface area contributed by atoms with Crippen molar-refractivity contribution in [1.29, 1.82) is 0 Å². The lowest BCUT2D eigenvalue weighted by Gasteiger charge is -2.16. The second-order valence-corrected chi connectivity index (χ2v) is 6.45. The summed E-state index contributed by atoms with van der Waals surface area (Å²) in [6.07, 6.45) is -0.0476. The number of amides is 1. The molecule has 0 aliphatic rings. The topological polar surface area (TPSA) is 70.6 Å². The van der Waals surface area contributed by atoms with Gasteiger partial charge in [-0.1, -0.05) is 6.92 Å². The van der Waals surface area contributed by atoms with Gasteiger partial charge in [0.2, 0.25) is 0 Å². The number of aliphatic hydroxyl groups excluding tert-OH is 1. The molecule has 0 heterocycles. The Bertz CT molecular complexity index is 755. The number of rotatable bonds is 7. The fourth-order valence-corrected chi connectivity index (χ4v) is 2.45. The molecule has 2 aromatic carbocycles. The maximum atomic E-state index is 14.0. The summed E-state index contributed by atoms with van der Waals surface area (Å²) in [7, 11) is 0. The highest BCUT2D eigenvalue weighted by molar-refractivity contribution is 14.1. The molecule has 0 aliphatic heterocycles. The molecule has 2 rings (SSSR count). The Morgan fingerprint density at radius 3 is 2.64 bits per heavy atom. The molecule has 8 heteroatoms. The number of hydrogen-bond donors (Lipinski definition) is 3. The monoisotopic (exact) mass is 462 g/mol. The van der Waals surface area contributed by atoms with Crippen LogP contribution in [0.2, 0.25) is 0 Å². The van der Waals surface area contributed by atoms with Gasteiger partial charge in [0.05, 0.1) is 23.5 Å². The molecular formula is C17H17F2IN2O3. The largest absolute Gasteiger partial charge is 0.394 e. The van der Waals surface area contributed by atoms with E-state index in [1.807, 2.05) is 22.6 Å².